The minimum atomic E-state index is -0.145. The Morgan fingerprint density at radius 1 is 1.23 bits per heavy atom. The topological polar surface area (TPSA) is 66.3 Å². The first kappa shape index (κ1) is 21.4. The monoisotopic (exact) mass is 440 g/mol. The van der Waals surface area contributed by atoms with Crippen LogP contribution in [0.15, 0.2) is 36.5 Å². The molecular weight excluding hydrogens is 412 g/mol. The summed E-state index contributed by atoms with van der Waals surface area (Å²) in [5, 5.41) is 3.63. The molecule has 1 aliphatic rings. The number of amides is 2. The zero-order chi connectivity index (χ0) is 22.3. The van der Waals surface area contributed by atoms with Gasteiger partial charge in [-0.3, -0.25) is 5.32 Å². The van der Waals surface area contributed by atoms with Crippen LogP contribution in [0.1, 0.15) is 33.3 Å². The maximum atomic E-state index is 13.0. The molecule has 1 saturated heterocycles. The smallest absolute Gasteiger partial charge is 0.324 e. The molecule has 1 fully saturated rings. The van der Waals surface area contributed by atoms with E-state index in [0.29, 0.717) is 30.6 Å². The second-order valence-electron chi connectivity index (χ2n) is 9.18. The molecule has 0 unspecified atom stereocenters. The zero-order valence-corrected chi connectivity index (χ0v) is 19.4. The van der Waals surface area contributed by atoms with Crippen molar-refractivity contribution in [3.63, 3.8) is 0 Å². The summed E-state index contributed by atoms with van der Waals surface area (Å²) in [6.45, 7) is 10.5. The Bertz CT molecular complexity index is 1120. The van der Waals surface area contributed by atoms with Crippen molar-refractivity contribution >= 4 is 40.4 Å². The van der Waals surface area contributed by atoms with E-state index in [2.05, 4.69) is 53.1 Å². The second-order valence-corrected chi connectivity index (χ2v) is 9.58. The van der Waals surface area contributed by atoms with Crippen LogP contribution in [0.3, 0.4) is 0 Å². The highest BCUT2D eigenvalue weighted by Crippen LogP contribution is 2.28. The number of carbonyl (C=O) groups excluding carboxylic acids is 1. The largest absolute Gasteiger partial charge is 0.352 e. The Balaban J connectivity index is 1.49. The first-order chi connectivity index (χ1) is 14.6. The fourth-order valence-electron chi connectivity index (χ4n) is 4.00. The van der Waals surface area contributed by atoms with Gasteiger partial charge in [-0.05, 0) is 42.2 Å². The van der Waals surface area contributed by atoms with Crippen LogP contribution >= 0.6 is 11.6 Å². The van der Waals surface area contributed by atoms with Crippen molar-refractivity contribution in [2.75, 3.05) is 29.9 Å². The third-order valence-electron chi connectivity index (χ3n) is 5.89. The third kappa shape index (κ3) is 4.19. The number of halogens is 1. The number of fused-ring (bicyclic) bond motifs is 1. The number of aromatic nitrogens is 3. The standard InChI is InChI=1S/C23H29ClN6O/c1-15-14-29(20-17(24)7-6-10-25-20)11-12-30(15)22(31)27-21-26-18-9-8-16(23(2,3)4)13-19(18)28(21)5/h6-10,13,15H,11-12,14H2,1-5H3,(H,26,27,31)/t15-/m1/s1. The predicted octanol–water partition coefficient (Wildman–Crippen LogP) is 4.66. The Labute approximate surface area is 188 Å². The minimum Gasteiger partial charge on any atom is -0.352 e. The van der Waals surface area contributed by atoms with E-state index in [-0.39, 0.29) is 17.5 Å². The van der Waals surface area contributed by atoms with Gasteiger partial charge in [-0.25, -0.2) is 14.8 Å². The van der Waals surface area contributed by atoms with E-state index in [0.717, 1.165) is 16.9 Å². The summed E-state index contributed by atoms with van der Waals surface area (Å²) in [7, 11) is 1.93. The highest BCUT2D eigenvalue weighted by molar-refractivity contribution is 6.32. The summed E-state index contributed by atoms with van der Waals surface area (Å²) < 4.78 is 1.94. The molecule has 1 N–H and O–H groups in total. The molecule has 1 aromatic carbocycles. The van der Waals surface area contributed by atoms with Gasteiger partial charge in [0.2, 0.25) is 5.95 Å². The van der Waals surface area contributed by atoms with E-state index >= 15 is 0 Å². The maximum Gasteiger partial charge on any atom is 0.324 e. The molecule has 8 heteroatoms. The van der Waals surface area contributed by atoms with E-state index in [1.165, 1.54) is 5.56 Å². The predicted molar refractivity (Wildman–Crippen MR) is 126 cm³/mol. The lowest BCUT2D eigenvalue weighted by atomic mass is 9.87. The second kappa shape index (κ2) is 8.04. The number of pyridine rings is 1. The van der Waals surface area contributed by atoms with E-state index in [1.54, 1.807) is 6.20 Å². The zero-order valence-electron chi connectivity index (χ0n) is 18.7. The van der Waals surface area contributed by atoms with E-state index in [9.17, 15) is 4.79 Å². The van der Waals surface area contributed by atoms with Crippen LogP contribution in [0.5, 0.6) is 0 Å². The van der Waals surface area contributed by atoms with E-state index < -0.39 is 0 Å². The van der Waals surface area contributed by atoms with Gasteiger partial charge in [0.1, 0.15) is 5.82 Å². The number of urea groups is 1. The quantitative estimate of drug-likeness (QED) is 0.629. The molecule has 2 aromatic heterocycles. The Hall–Kier alpha value is -2.80. The van der Waals surface area contributed by atoms with Crippen LogP contribution in [-0.4, -0.2) is 51.1 Å². The molecule has 31 heavy (non-hydrogen) atoms. The van der Waals surface area contributed by atoms with Gasteiger partial charge < -0.3 is 14.4 Å². The molecule has 0 bridgehead atoms. The number of aryl methyl sites for hydroxylation is 1. The van der Waals surface area contributed by atoms with Crippen LogP contribution in [0.2, 0.25) is 5.02 Å². The number of rotatable bonds is 2. The summed E-state index contributed by atoms with van der Waals surface area (Å²) in [6, 6.07) is 9.79. The van der Waals surface area contributed by atoms with E-state index in [1.807, 2.05) is 41.6 Å². The number of anilines is 2. The van der Waals surface area contributed by atoms with Gasteiger partial charge in [-0.15, -0.1) is 0 Å². The molecule has 3 heterocycles. The number of hydrogen-bond acceptors (Lipinski definition) is 4. The van der Waals surface area contributed by atoms with Crippen LogP contribution in [-0.2, 0) is 12.5 Å². The lowest BCUT2D eigenvalue weighted by Gasteiger charge is -2.40. The molecule has 3 aromatic rings. The number of hydrogen-bond donors (Lipinski definition) is 1. The summed E-state index contributed by atoms with van der Waals surface area (Å²) in [6.07, 6.45) is 1.74. The van der Waals surface area contributed by atoms with Gasteiger partial charge in [-0.1, -0.05) is 38.4 Å². The molecule has 0 spiro atoms. The fraction of sp³-hybridized carbons (Fsp3) is 0.435. The van der Waals surface area contributed by atoms with Crippen molar-refractivity contribution < 1.29 is 4.79 Å². The molecule has 2 amide bonds. The van der Waals surface area contributed by atoms with Crippen LogP contribution in [0.4, 0.5) is 16.6 Å². The molecule has 0 saturated carbocycles. The highest BCUT2D eigenvalue weighted by atomic mass is 35.5. The molecule has 0 radical (unpaired) electrons. The Kier molecular flexibility index (Phi) is 5.56. The lowest BCUT2D eigenvalue weighted by molar-refractivity contribution is 0.184. The maximum absolute atomic E-state index is 13.0. The SMILES string of the molecule is C[C@@H]1CN(c2ncccc2Cl)CCN1C(=O)Nc1nc2ccc(C(C)(C)C)cc2n1C. The summed E-state index contributed by atoms with van der Waals surface area (Å²) in [4.78, 5) is 26.0. The number of piperazine rings is 1. The van der Waals surface area contributed by atoms with Crippen molar-refractivity contribution in [3.8, 4) is 0 Å². The molecule has 4 rings (SSSR count). The van der Waals surface area contributed by atoms with Gasteiger partial charge in [0.15, 0.2) is 0 Å². The average molecular weight is 441 g/mol. The summed E-state index contributed by atoms with van der Waals surface area (Å²) in [5.74, 6) is 1.31. The van der Waals surface area contributed by atoms with Gasteiger partial charge in [0, 0.05) is 38.9 Å². The number of nitrogens with zero attached hydrogens (tertiary/aromatic N) is 5. The van der Waals surface area contributed by atoms with E-state index in [4.69, 9.17) is 11.6 Å². The number of benzene rings is 1. The summed E-state index contributed by atoms with van der Waals surface area (Å²) >= 11 is 6.30. The third-order valence-corrected chi connectivity index (χ3v) is 6.19. The Morgan fingerprint density at radius 3 is 2.68 bits per heavy atom. The van der Waals surface area contributed by atoms with Gasteiger partial charge >= 0.3 is 6.03 Å². The summed E-state index contributed by atoms with van der Waals surface area (Å²) in [5.41, 5.74) is 3.16. The van der Waals surface area contributed by atoms with Gasteiger partial charge in [0.05, 0.1) is 16.1 Å². The molecule has 164 valence electrons. The molecule has 1 atom stereocenters. The van der Waals surface area contributed by atoms with Gasteiger partial charge in [-0.2, -0.15) is 0 Å². The molecule has 7 nitrogen and oxygen atoms in total. The minimum absolute atomic E-state index is 0.00833. The Morgan fingerprint density at radius 2 is 2.00 bits per heavy atom. The number of nitrogens with one attached hydrogen (secondary N) is 1. The molecular formula is C23H29ClN6O. The van der Waals surface area contributed by atoms with Crippen molar-refractivity contribution in [2.45, 2.75) is 39.2 Å². The highest BCUT2D eigenvalue weighted by Gasteiger charge is 2.29. The average Bonchev–Trinajstić information content (AvgIpc) is 3.02. The van der Waals surface area contributed by atoms with Crippen molar-refractivity contribution in [1.29, 1.82) is 0 Å². The lowest BCUT2D eigenvalue weighted by Crippen LogP contribution is -2.55. The first-order valence-electron chi connectivity index (χ1n) is 10.5. The molecule has 1 aliphatic heterocycles. The van der Waals surface area contributed by atoms with Crippen molar-refractivity contribution in [1.82, 2.24) is 19.4 Å². The fourth-order valence-corrected chi connectivity index (χ4v) is 4.24. The van der Waals surface area contributed by atoms with Gasteiger partial charge in [0.25, 0.3) is 0 Å². The van der Waals surface area contributed by atoms with Crippen LogP contribution in [0.25, 0.3) is 11.0 Å². The van der Waals surface area contributed by atoms with Crippen LogP contribution in [0, 0.1) is 0 Å². The van der Waals surface area contributed by atoms with Crippen LogP contribution < -0.4 is 10.2 Å². The molecule has 0 aliphatic carbocycles. The number of carbonyl (C=O) groups is 1. The van der Waals surface area contributed by atoms with Crippen molar-refractivity contribution in [2.24, 2.45) is 7.05 Å². The van der Waals surface area contributed by atoms with Crippen molar-refractivity contribution in [3.05, 3.63) is 47.1 Å². The first-order valence-corrected chi connectivity index (χ1v) is 10.9. The number of imidazole rings is 1. The normalized spacial score (nSPS) is 17.3.